The molecule has 132 valence electrons. The summed E-state index contributed by atoms with van der Waals surface area (Å²) in [6.45, 7) is 4.15. The van der Waals surface area contributed by atoms with Crippen molar-refractivity contribution in [2.75, 3.05) is 7.11 Å². The summed E-state index contributed by atoms with van der Waals surface area (Å²) in [4.78, 5) is 26.5. The average Bonchev–Trinajstić information content (AvgIpc) is 2.85. The molecular weight excluding hydrogens is 338 g/mol. The molecule has 2 aliphatic carbocycles. The first-order valence-corrected chi connectivity index (χ1v) is 9.07. The molecule has 0 saturated heterocycles. The van der Waals surface area contributed by atoms with Crippen molar-refractivity contribution in [1.82, 2.24) is 4.57 Å². The van der Waals surface area contributed by atoms with Crippen LogP contribution in [0.1, 0.15) is 44.2 Å². The summed E-state index contributed by atoms with van der Waals surface area (Å²) in [7, 11) is 3.29. The predicted molar refractivity (Wildman–Crippen MR) is 97.0 cm³/mol. The smallest absolute Gasteiger partial charge is 0.323 e. The zero-order valence-corrected chi connectivity index (χ0v) is 15.7. The molecule has 1 fully saturated rings. The molecular formula is C20H22ClNO3. The number of carbonyl (C=O) groups is 2. The largest absolute Gasteiger partial charge is 0.468 e. The minimum Gasteiger partial charge on any atom is -0.468 e. The Labute approximate surface area is 152 Å². The minimum absolute atomic E-state index is 0.0157. The number of aryl methyl sites for hydroxylation is 1. The first-order valence-electron chi connectivity index (χ1n) is 8.69. The zero-order valence-electron chi connectivity index (χ0n) is 15.0. The fourth-order valence-electron chi connectivity index (χ4n) is 5.14. The monoisotopic (exact) mass is 359 g/mol. The third kappa shape index (κ3) is 1.78. The highest BCUT2D eigenvalue weighted by Gasteiger charge is 2.59. The molecule has 5 heteroatoms. The summed E-state index contributed by atoms with van der Waals surface area (Å²) in [5.74, 6) is -0.716. The van der Waals surface area contributed by atoms with Gasteiger partial charge >= 0.3 is 5.97 Å². The van der Waals surface area contributed by atoms with Crippen molar-refractivity contribution >= 4 is 34.3 Å². The maximum atomic E-state index is 13.6. The molecule has 1 aromatic heterocycles. The number of nitrogens with zero attached hydrogens (tertiary/aromatic N) is 1. The first kappa shape index (κ1) is 16.6. The van der Waals surface area contributed by atoms with Gasteiger partial charge in [0.1, 0.15) is 5.15 Å². The van der Waals surface area contributed by atoms with E-state index < -0.39 is 16.8 Å². The molecule has 0 aliphatic heterocycles. The van der Waals surface area contributed by atoms with Crippen LogP contribution in [-0.4, -0.2) is 23.4 Å². The lowest BCUT2D eigenvalue weighted by Gasteiger charge is -2.41. The van der Waals surface area contributed by atoms with E-state index in [2.05, 4.69) is 13.8 Å². The molecule has 1 heterocycles. The summed E-state index contributed by atoms with van der Waals surface area (Å²) in [6, 6.07) is 5.80. The number of Topliss-reactive ketones (excluding diaryl/α,β-unsaturated/α-hetero) is 1. The van der Waals surface area contributed by atoms with Gasteiger partial charge < -0.3 is 9.30 Å². The van der Waals surface area contributed by atoms with Crippen LogP contribution in [0.25, 0.3) is 10.9 Å². The molecule has 0 amide bonds. The number of carbonyl (C=O) groups excluding carboxylic acids is 2. The van der Waals surface area contributed by atoms with E-state index in [-0.39, 0.29) is 11.7 Å². The summed E-state index contributed by atoms with van der Waals surface area (Å²) < 4.78 is 7.10. The Kier molecular flexibility index (Phi) is 3.40. The van der Waals surface area contributed by atoms with E-state index in [0.717, 1.165) is 34.9 Å². The standard InChI is InChI=1S/C20H22ClNO3/c1-19(2)12-8-6-10-20(16(12)23,18(24)25-4)11-7-5-9-13-14(11)15(19)17(21)22(13)3/h5,7,9,12H,6,8,10H2,1-4H3/t12-,20+/m0/s1. The van der Waals surface area contributed by atoms with Gasteiger partial charge in [-0.2, -0.15) is 0 Å². The molecule has 2 aliphatic rings. The summed E-state index contributed by atoms with van der Waals surface area (Å²) in [6.07, 6.45) is 2.08. The molecule has 1 saturated carbocycles. The Bertz CT molecular complexity index is 927. The molecule has 0 unspecified atom stereocenters. The second kappa shape index (κ2) is 5.10. The number of aromatic nitrogens is 1. The number of benzene rings is 1. The molecule has 2 atom stereocenters. The Morgan fingerprint density at radius 1 is 1.36 bits per heavy atom. The molecule has 2 bridgehead atoms. The van der Waals surface area contributed by atoms with Crippen LogP contribution in [0, 0.1) is 5.92 Å². The van der Waals surface area contributed by atoms with Gasteiger partial charge in [0, 0.05) is 34.8 Å². The number of ether oxygens (including phenoxy) is 1. The van der Waals surface area contributed by atoms with Crippen LogP contribution in [0.2, 0.25) is 5.15 Å². The normalized spacial score (nSPS) is 27.2. The highest BCUT2D eigenvalue weighted by molar-refractivity contribution is 6.33. The average molecular weight is 360 g/mol. The molecule has 4 nitrogen and oxygen atoms in total. The third-order valence-corrected chi connectivity index (χ3v) is 6.89. The highest BCUT2D eigenvalue weighted by Crippen LogP contribution is 2.55. The molecule has 2 aromatic rings. The fraction of sp³-hybridized carbons (Fsp3) is 0.500. The topological polar surface area (TPSA) is 48.3 Å². The summed E-state index contributed by atoms with van der Waals surface area (Å²) >= 11 is 6.73. The van der Waals surface area contributed by atoms with E-state index in [1.165, 1.54) is 7.11 Å². The lowest BCUT2D eigenvalue weighted by atomic mass is 9.60. The number of methoxy groups -OCH3 is 1. The van der Waals surface area contributed by atoms with Crippen molar-refractivity contribution in [2.24, 2.45) is 13.0 Å². The summed E-state index contributed by atoms with van der Waals surface area (Å²) in [5, 5.41) is 1.59. The quantitative estimate of drug-likeness (QED) is 0.573. The molecule has 1 aromatic carbocycles. The number of ketones is 1. The van der Waals surface area contributed by atoms with Crippen LogP contribution >= 0.6 is 11.6 Å². The van der Waals surface area contributed by atoms with Gasteiger partial charge in [0.15, 0.2) is 11.2 Å². The Hall–Kier alpha value is -1.81. The summed E-state index contributed by atoms with van der Waals surface area (Å²) in [5.41, 5.74) is 1.03. The van der Waals surface area contributed by atoms with Crippen molar-refractivity contribution in [2.45, 2.75) is 43.9 Å². The number of fused-ring (bicyclic) bond motifs is 3. The minimum atomic E-state index is -1.22. The van der Waals surface area contributed by atoms with Crippen molar-refractivity contribution < 1.29 is 14.3 Å². The van der Waals surface area contributed by atoms with E-state index in [1.54, 1.807) is 0 Å². The molecule has 25 heavy (non-hydrogen) atoms. The number of hydrogen-bond donors (Lipinski definition) is 0. The van der Waals surface area contributed by atoms with Crippen LogP contribution in [0.15, 0.2) is 18.2 Å². The Morgan fingerprint density at radius 3 is 2.76 bits per heavy atom. The molecule has 0 N–H and O–H groups in total. The van der Waals surface area contributed by atoms with Gasteiger partial charge in [-0.15, -0.1) is 0 Å². The Balaban J connectivity index is 2.24. The number of rotatable bonds is 1. The van der Waals surface area contributed by atoms with Gasteiger partial charge in [-0.3, -0.25) is 9.59 Å². The van der Waals surface area contributed by atoms with Gasteiger partial charge in [0.05, 0.1) is 7.11 Å². The number of esters is 1. The van der Waals surface area contributed by atoms with Crippen LogP contribution in [-0.2, 0) is 32.2 Å². The predicted octanol–water partition coefficient (Wildman–Crippen LogP) is 3.90. The molecule has 0 radical (unpaired) electrons. The SMILES string of the molecule is COC(=O)[C@@]12CCC[C@@H](C1=O)C(C)(C)c1c(Cl)n(C)c3cccc2c13. The van der Waals surface area contributed by atoms with E-state index in [1.807, 2.05) is 29.8 Å². The van der Waals surface area contributed by atoms with E-state index >= 15 is 0 Å². The van der Waals surface area contributed by atoms with Gasteiger partial charge in [-0.1, -0.05) is 44.0 Å². The van der Waals surface area contributed by atoms with Crippen molar-refractivity contribution in [3.63, 3.8) is 0 Å². The lowest BCUT2D eigenvalue weighted by Crippen LogP contribution is -2.52. The van der Waals surface area contributed by atoms with Gasteiger partial charge in [-0.05, 0) is 24.5 Å². The van der Waals surface area contributed by atoms with Gasteiger partial charge in [0.2, 0.25) is 0 Å². The third-order valence-electron chi connectivity index (χ3n) is 6.45. The van der Waals surface area contributed by atoms with Crippen molar-refractivity contribution in [1.29, 1.82) is 0 Å². The van der Waals surface area contributed by atoms with Crippen LogP contribution < -0.4 is 0 Å². The number of halogens is 1. The van der Waals surface area contributed by atoms with Crippen molar-refractivity contribution in [3.05, 3.63) is 34.5 Å². The van der Waals surface area contributed by atoms with E-state index in [0.29, 0.717) is 11.6 Å². The maximum Gasteiger partial charge on any atom is 0.323 e. The molecule has 0 spiro atoms. The van der Waals surface area contributed by atoms with E-state index in [9.17, 15) is 9.59 Å². The highest BCUT2D eigenvalue weighted by atomic mass is 35.5. The Morgan fingerprint density at radius 2 is 2.08 bits per heavy atom. The fourth-order valence-corrected chi connectivity index (χ4v) is 5.57. The lowest BCUT2D eigenvalue weighted by molar-refractivity contribution is -0.156. The van der Waals surface area contributed by atoms with Gasteiger partial charge in [-0.25, -0.2) is 0 Å². The van der Waals surface area contributed by atoms with Crippen LogP contribution in [0.4, 0.5) is 0 Å². The van der Waals surface area contributed by atoms with Crippen molar-refractivity contribution in [3.8, 4) is 0 Å². The van der Waals surface area contributed by atoms with Crippen LogP contribution in [0.3, 0.4) is 0 Å². The first-order chi connectivity index (χ1) is 11.8. The maximum absolute atomic E-state index is 13.6. The second-order valence-electron chi connectivity index (χ2n) is 7.85. The zero-order chi connectivity index (χ0) is 18.1. The van der Waals surface area contributed by atoms with Gasteiger partial charge in [0.25, 0.3) is 0 Å². The molecule has 4 rings (SSSR count). The number of hydrogen-bond acceptors (Lipinski definition) is 3. The van der Waals surface area contributed by atoms with E-state index in [4.69, 9.17) is 16.3 Å². The van der Waals surface area contributed by atoms with Crippen LogP contribution in [0.5, 0.6) is 0 Å². The second-order valence-corrected chi connectivity index (χ2v) is 8.21.